The molecule has 27 heavy (non-hydrogen) atoms. The zero-order chi connectivity index (χ0) is 19.1. The van der Waals surface area contributed by atoms with Gasteiger partial charge < -0.3 is 15.0 Å². The van der Waals surface area contributed by atoms with E-state index >= 15 is 0 Å². The lowest BCUT2D eigenvalue weighted by Crippen LogP contribution is -2.44. The summed E-state index contributed by atoms with van der Waals surface area (Å²) in [6.07, 6.45) is -0.526. The van der Waals surface area contributed by atoms with Gasteiger partial charge in [0.25, 0.3) is 5.92 Å². The summed E-state index contributed by atoms with van der Waals surface area (Å²) in [6.45, 7) is 5.81. The van der Waals surface area contributed by atoms with Gasteiger partial charge in [-0.2, -0.15) is 0 Å². The number of nitrogens with zero attached hydrogens (tertiary/aromatic N) is 1. The number of halogens is 3. The van der Waals surface area contributed by atoms with E-state index < -0.39 is 36.3 Å². The SMILES string of the molecule is CC(C)(C)C(=O)N1CCOc2ccc(NC(=O)C3CC(F)(F)CN3)cc21.Cl. The zero-order valence-corrected chi connectivity index (χ0v) is 16.3. The van der Waals surface area contributed by atoms with Crippen LogP contribution < -0.4 is 20.3 Å². The summed E-state index contributed by atoms with van der Waals surface area (Å²) >= 11 is 0. The van der Waals surface area contributed by atoms with Crippen LogP contribution in [-0.2, 0) is 9.59 Å². The minimum absolute atomic E-state index is 0. The number of nitrogens with one attached hydrogen (secondary N) is 2. The van der Waals surface area contributed by atoms with Gasteiger partial charge in [0.1, 0.15) is 12.4 Å². The van der Waals surface area contributed by atoms with E-state index in [1.807, 2.05) is 20.8 Å². The zero-order valence-electron chi connectivity index (χ0n) is 15.5. The number of rotatable bonds is 2. The van der Waals surface area contributed by atoms with Gasteiger partial charge in [-0.1, -0.05) is 20.8 Å². The van der Waals surface area contributed by atoms with Crippen LogP contribution in [0.1, 0.15) is 27.2 Å². The summed E-state index contributed by atoms with van der Waals surface area (Å²) in [5, 5.41) is 5.17. The van der Waals surface area contributed by atoms with Crippen LogP contribution >= 0.6 is 12.4 Å². The van der Waals surface area contributed by atoms with Crippen LogP contribution in [0, 0.1) is 5.41 Å². The highest BCUT2D eigenvalue weighted by Crippen LogP contribution is 2.36. The molecule has 1 fully saturated rings. The van der Waals surface area contributed by atoms with Crippen molar-refractivity contribution < 1.29 is 23.1 Å². The molecule has 1 unspecified atom stereocenters. The largest absolute Gasteiger partial charge is 0.490 e. The Balaban J connectivity index is 0.00000261. The van der Waals surface area contributed by atoms with Crippen LogP contribution in [0.3, 0.4) is 0 Å². The minimum Gasteiger partial charge on any atom is -0.490 e. The molecule has 2 aliphatic rings. The number of alkyl halides is 2. The van der Waals surface area contributed by atoms with Gasteiger partial charge in [-0.25, -0.2) is 8.78 Å². The van der Waals surface area contributed by atoms with E-state index in [9.17, 15) is 18.4 Å². The molecule has 3 rings (SSSR count). The molecule has 0 aliphatic carbocycles. The number of carbonyl (C=O) groups excluding carboxylic acids is 2. The van der Waals surface area contributed by atoms with Crippen molar-refractivity contribution in [3.05, 3.63) is 18.2 Å². The third kappa shape index (κ3) is 4.68. The number of carbonyl (C=O) groups is 2. The number of hydrogen-bond acceptors (Lipinski definition) is 4. The lowest BCUT2D eigenvalue weighted by molar-refractivity contribution is -0.126. The number of fused-ring (bicyclic) bond motifs is 1. The third-order valence-electron chi connectivity index (χ3n) is 4.40. The Morgan fingerprint density at radius 1 is 1.33 bits per heavy atom. The second-order valence-corrected chi connectivity index (χ2v) is 7.72. The molecule has 0 saturated carbocycles. The molecule has 2 aliphatic heterocycles. The topological polar surface area (TPSA) is 70.7 Å². The molecule has 150 valence electrons. The maximum absolute atomic E-state index is 13.3. The molecule has 2 N–H and O–H groups in total. The summed E-state index contributed by atoms with van der Waals surface area (Å²) < 4.78 is 32.1. The highest BCUT2D eigenvalue weighted by Gasteiger charge is 2.42. The molecule has 1 saturated heterocycles. The Morgan fingerprint density at radius 2 is 2.04 bits per heavy atom. The first-order valence-corrected chi connectivity index (χ1v) is 8.58. The van der Waals surface area contributed by atoms with E-state index in [0.29, 0.717) is 30.3 Å². The fraction of sp³-hybridized carbons (Fsp3) is 0.556. The van der Waals surface area contributed by atoms with Gasteiger partial charge in [0, 0.05) is 17.5 Å². The minimum atomic E-state index is -2.87. The van der Waals surface area contributed by atoms with Crippen LogP contribution in [0.15, 0.2) is 18.2 Å². The first-order chi connectivity index (χ1) is 12.1. The van der Waals surface area contributed by atoms with Crippen molar-refractivity contribution in [1.29, 1.82) is 0 Å². The quantitative estimate of drug-likeness (QED) is 0.796. The van der Waals surface area contributed by atoms with Crippen molar-refractivity contribution in [2.24, 2.45) is 5.41 Å². The summed E-state index contributed by atoms with van der Waals surface area (Å²) in [7, 11) is 0. The van der Waals surface area contributed by atoms with E-state index in [-0.39, 0.29) is 18.3 Å². The van der Waals surface area contributed by atoms with Gasteiger partial charge in [-0.3, -0.25) is 14.9 Å². The number of ether oxygens (including phenoxy) is 1. The standard InChI is InChI=1S/C18H23F2N3O3.ClH/c1-17(2,3)16(25)23-6-7-26-14-5-4-11(8-13(14)23)22-15(24)12-9-18(19,20)10-21-12;/h4-5,8,12,21H,6-7,9-10H2,1-3H3,(H,22,24);1H. The number of hydrogen-bond donors (Lipinski definition) is 2. The van der Waals surface area contributed by atoms with Gasteiger partial charge >= 0.3 is 0 Å². The van der Waals surface area contributed by atoms with Gasteiger partial charge in [0.2, 0.25) is 11.8 Å². The van der Waals surface area contributed by atoms with Crippen molar-refractivity contribution in [1.82, 2.24) is 5.32 Å². The van der Waals surface area contributed by atoms with Crippen molar-refractivity contribution >= 4 is 35.6 Å². The summed E-state index contributed by atoms with van der Waals surface area (Å²) in [4.78, 5) is 26.5. The Kier molecular flexibility index (Phi) is 6.01. The number of amides is 2. The molecular formula is C18H24ClF2N3O3. The first kappa shape index (κ1) is 21.4. The first-order valence-electron chi connectivity index (χ1n) is 8.58. The maximum Gasteiger partial charge on any atom is 0.262 e. The van der Waals surface area contributed by atoms with Crippen molar-refractivity contribution in [3.63, 3.8) is 0 Å². The second kappa shape index (κ2) is 7.59. The number of benzene rings is 1. The molecule has 0 spiro atoms. The smallest absolute Gasteiger partial charge is 0.262 e. The van der Waals surface area contributed by atoms with E-state index in [4.69, 9.17) is 4.74 Å². The molecule has 0 aromatic heterocycles. The van der Waals surface area contributed by atoms with E-state index in [2.05, 4.69) is 10.6 Å². The lowest BCUT2D eigenvalue weighted by atomic mass is 9.94. The molecule has 1 aromatic rings. The van der Waals surface area contributed by atoms with Crippen LogP contribution in [0.25, 0.3) is 0 Å². The van der Waals surface area contributed by atoms with Crippen LogP contribution in [0.4, 0.5) is 20.2 Å². The average Bonchev–Trinajstić information content (AvgIpc) is 2.93. The lowest BCUT2D eigenvalue weighted by Gasteiger charge is -2.34. The fourth-order valence-corrected chi connectivity index (χ4v) is 3.04. The average molecular weight is 404 g/mol. The molecular weight excluding hydrogens is 380 g/mol. The van der Waals surface area contributed by atoms with Gasteiger partial charge in [0.15, 0.2) is 0 Å². The number of anilines is 2. The highest BCUT2D eigenvalue weighted by molar-refractivity contribution is 6.00. The Hall–Kier alpha value is -1.93. The predicted octanol–water partition coefficient (Wildman–Crippen LogP) is 2.82. The molecule has 1 atom stereocenters. The Labute approximate surface area is 163 Å². The van der Waals surface area contributed by atoms with Crippen molar-refractivity contribution in [2.75, 3.05) is 29.9 Å². The van der Waals surface area contributed by atoms with Gasteiger partial charge in [0.05, 0.1) is 24.8 Å². The molecule has 0 bridgehead atoms. The van der Waals surface area contributed by atoms with Crippen molar-refractivity contribution in [3.8, 4) is 5.75 Å². The molecule has 2 heterocycles. The summed E-state index contributed by atoms with van der Waals surface area (Å²) in [5.41, 5.74) is 0.439. The monoisotopic (exact) mass is 403 g/mol. The van der Waals surface area contributed by atoms with E-state index in [0.717, 1.165) is 0 Å². The Bertz CT molecular complexity index is 737. The second-order valence-electron chi connectivity index (χ2n) is 7.72. The normalized spacial score (nSPS) is 20.9. The molecule has 6 nitrogen and oxygen atoms in total. The van der Waals surface area contributed by atoms with Crippen LogP contribution in [0.2, 0.25) is 0 Å². The summed E-state index contributed by atoms with van der Waals surface area (Å²) in [6, 6.07) is 4.01. The van der Waals surface area contributed by atoms with Gasteiger partial charge in [-0.15, -0.1) is 12.4 Å². The maximum atomic E-state index is 13.3. The Morgan fingerprint density at radius 3 is 2.63 bits per heavy atom. The fourth-order valence-electron chi connectivity index (χ4n) is 3.04. The van der Waals surface area contributed by atoms with Crippen LogP contribution in [0.5, 0.6) is 5.75 Å². The van der Waals surface area contributed by atoms with Crippen LogP contribution in [-0.4, -0.2) is 43.5 Å². The third-order valence-corrected chi connectivity index (χ3v) is 4.40. The molecule has 2 amide bonds. The van der Waals surface area contributed by atoms with E-state index in [1.165, 1.54) is 0 Å². The van der Waals surface area contributed by atoms with Crippen molar-refractivity contribution in [2.45, 2.75) is 39.2 Å². The molecule has 9 heteroatoms. The van der Waals surface area contributed by atoms with E-state index in [1.54, 1.807) is 23.1 Å². The summed E-state index contributed by atoms with van der Waals surface area (Å²) in [5.74, 6) is -2.89. The molecule has 0 radical (unpaired) electrons. The highest BCUT2D eigenvalue weighted by atomic mass is 35.5. The molecule has 1 aromatic carbocycles. The predicted molar refractivity (Wildman–Crippen MR) is 101 cm³/mol. The van der Waals surface area contributed by atoms with Gasteiger partial charge in [-0.05, 0) is 18.2 Å².